The maximum absolute atomic E-state index is 12.1. The molecule has 2 rings (SSSR count). The van der Waals surface area contributed by atoms with Crippen molar-refractivity contribution in [2.24, 2.45) is 5.92 Å². The molecule has 1 aromatic carbocycles. The highest BCUT2D eigenvalue weighted by Crippen LogP contribution is 2.29. The third kappa shape index (κ3) is 2.31. The van der Waals surface area contributed by atoms with Gasteiger partial charge >= 0.3 is 0 Å². The molecule has 0 unspecified atom stereocenters. The smallest absolute Gasteiger partial charge is 0.227 e. The zero-order valence-electron chi connectivity index (χ0n) is 9.97. The molecule has 1 aliphatic heterocycles. The molecule has 0 aromatic heterocycles. The largest absolute Gasteiger partial charge is 0.336 e. The minimum absolute atomic E-state index is 0.0915. The van der Waals surface area contributed by atoms with Gasteiger partial charge in [0, 0.05) is 13.0 Å². The molecule has 0 aliphatic carbocycles. The molecule has 88 valence electrons. The van der Waals surface area contributed by atoms with Crippen molar-refractivity contribution >= 4 is 5.91 Å². The molecule has 0 saturated carbocycles. The molecule has 1 fully saturated rings. The second-order valence-corrected chi connectivity index (χ2v) is 4.47. The lowest BCUT2D eigenvalue weighted by Gasteiger charge is -2.25. The summed E-state index contributed by atoms with van der Waals surface area (Å²) in [4.78, 5) is 14.0. The number of nitriles is 1. The van der Waals surface area contributed by atoms with Crippen LogP contribution in [0.2, 0.25) is 0 Å². The van der Waals surface area contributed by atoms with Crippen LogP contribution in [0.3, 0.4) is 0 Å². The molecule has 1 aromatic rings. The lowest BCUT2D eigenvalue weighted by atomic mass is 10.0. The van der Waals surface area contributed by atoms with E-state index in [-0.39, 0.29) is 17.9 Å². The van der Waals surface area contributed by atoms with Crippen LogP contribution in [0.1, 0.15) is 31.4 Å². The number of benzene rings is 1. The average molecular weight is 228 g/mol. The van der Waals surface area contributed by atoms with E-state index in [1.54, 1.807) is 0 Å². The van der Waals surface area contributed by atoms with Crippen molar-refractivity contribution in [2.45, 2.75) is 25.8 Å². The van der Waals surface area contributed by atoms with Crippen LogP contribution in [-0.2, 0) is 4.79 Å². The lowest BCUT2D eigenvalue weighted by molar-refractivity contribution is -0.132. The Bertz CT molecular complexity index is 435. The molecule has 1 saturated heterocycles. The Labute approximate surface area is 102 Å². The summed E-state index contributed by atoms with van der Waals surface area (Å²) in [6, 6.07) is 12.2. The van der Waals surface area contributed by atoms with Gasteiger partial charge in [0.15, 0.2) is 0 Å². The number of hydrogen-bond donors (Lipinski definition) is 0. The Morgan fingerprint density at radius 1 is 1.47 bits per heavy atom. The molecule has 17 heavy (non-hydrogen) atoms. The number of amides is 1. The summed E-state index contributed by atoms with van der Waals surface area (Å²) in [5, 5.41) is 8.67. The van der Waals surface area contributed by atoms with Crippen LogP contribution in [0.15, 0.2) is 30.3 Å². The van der Waals surface area contributed by atoms with Gasteiger partial charge in [-0.15, -0.1) is 0 Å². The van der Waals surface area contributed by atoms with Gasteiger partial charge < -0.3 is 4.90 Å². The fraction of sp³-hybridized carbons (Fsp3) is 0.429. The van der Waals surface area contributed by atoms with Crippen LogP contribution in [0.4, 0.5) is 0 Å². The number of carbonyl (C=O) groups is 1. The van der Waals surface area contributed by atoms with E-state index in [9.17, 15) is 4.79 Å². The van der Waals surface area contributed by atoms with Gasteiger partial charge in [-0.1, -0.05) is 30.3 Å². The van der Waals surface area contributed by atoms with Crippen LogP contribution < -0.4 is 0 Å². The first-order valence-corrected chi connectivity index (χ1v) is 5.96. The van der Waals surface area contributed by atoms with Crippen molar-refractivity contribution < 1.29 is 4.79 Å². The van der Waals surface area contributed by atoms with Gasteiger partial charge in [-0.25, -0.2) is 0 Å². The van der Waals surface area contributed by atoms with Crippen molar-refractivity contribution in [1.29, 1.82) is 5.26 Å². The summed E-state index contributed by atoms with van der Waals surface area (Å²) in [6.07, 6.45) is 1.15. The molecular formula is C14H16N2O. The van der Waals surface area contributed by atoms with Gasteiger partial charge in [0.25, 0.3) is 0 Å². The Balaban J connectivity index is 2.10. The van der Waals surface area contributed by atoms with Crippen molar-refractivity contribution in [2.75, 3.05) is 6.54 Å². The van der Waals surface area contributed by atoms with Gasteiger partial charge in [0.05, 0.1) is 18.0 Å². The van der Waals surface area contributed by atoms with Crippen molar-refractivity contribution in [3.05, 3.63) is 35.9 Å². The predicted octanol–water partition coefficient (Wildman–Crippen LogP) is 2.51. The second kappa shape index (κ2) is 5.01. The highest BCUT2D eigenvalue weighted by Gasteiger charge is 2.34. The standard InChI is InChI=1S/C14H16N2O/c1-11(12-5-3-2-4-6-12)16-10-8-13(7-9-15)14(16)17/h2-6,11,13H,7-8,10H2,1H3/t11-,13-/m1/s1. The van der Waals surface area contributed by atoms with Crippen molar-refractivity contribution in [1.82, 2.24) is 4.90 Å². The van der Waals surface area contributed by atoms with Gasteiger partial charge in [0.2, 0.25) is 5.91 Å². The fourth-order valence-electron chi connectivity index (χ4n) is 2.36. The molecule has 1 aliphatic rings. The molecule has 2 atom stereocenters. The third-order valence-corrected chi connectivity index (χ3v) is 3.44. The number of likely N-dealkylation sites (tertiary alicyclic amines) is 1. The number of nitrogens with zero attached hydrogens (tertiary/aromatic N) is 2. The van der Waals surface area contributed by atoms with E-state index in [1.165, 1.54) is 0 Å². The normalized spacial score (nSPS) is 21.3. The van der Waals surface area contributed by atoms with Crippen LogP contribution in [0, 0.1) is 17.2 Å². The number of carbonyl (C=O) groups excluding carboxylic acids is 1. The maximum Gasteiger partial charge on any atom is 0.227 e. The molecule has 0 spiro atoms. The minimum atomic E-state index is -0.0915. The van der Waals surface area contributed by atoms with Crippen molar-refractivity contribution in [3.63, 3.8) is 0 Å². The summed E-state index contributed by atoms with van der Waals surface area (Å²) < 4.78 is 0. The summed E-state index contributed by atoms with van der Waals surface area (Å²) in [5.41, 5.74) is 1.15. The van der Waals surface area contributed by atoms with E-state index < -0.39 is 0 Å². The molecule has 0 radical (unpaired) electrons. The first kappa shape index (κ1) is 11.7. The van der Waals surface area contributed by atoms with Crippen LogP contribution >= 0.6 is 0 Å². The summed E-state index contributed by atoms with van der Waals surface area (Å²) in [6.45, 7) is 2.81. The Morgan fingerprint density at radius 2 is 2.18 bits per heavy atom. The zero-order valence-corrected chi connectivity index (χ0v) is 9.97. The van der Waals surface area contributed by atoms with E-state index in [1.807, 2.05) is 42.2 Å². The van der Waals surface area contributed by atoms with Gasteiger partial charge in [0.1, 0.15) is 0 Å². The van der Waals surface area contributed by atoms with Crippen LogP contribution in [-0.4, -0.2) is 17.4 Å². The van der Waals surface area contributed by atoms with Crippen molar-refractivity contribution in [3.8, 4) is 6.07 Å². The monoisotopic (exact) mass is 228 g/mol. The second-order valence-electron chi connectivity index (χ2n) is 4.47. The molecule has 3 nitrogen and oxygen atoms in total. The number of rotatable bonds is 3. The SMILES string of the molecule is C[C@H](c1ccccc1)N1CC[C@@H](CC#N)C1=O. The van der Waals surface area contributed by atoms with E-state index in [0.717, 1.165) is 18.5 Å². The van der Waals surface area contributed by atoms with Crippen LogP contribution in [0.5, 0.6) is 0 Å². The molecule has 0 N–H and O–H groups in total. The third-order valence-electron chi connectivity index (χ3n) is 3.44. The van der Waals surface area contributed by atoms with Gasteiger partial charge in [-0.2, -0.15) is 5.26 Å². The fourth-order valence-corrected chi connectivity index (χ4v) is 2.36. The molecule has 3 heteroatoms. The van der Waals surface area contributed by atoms with E-state index in [0.29, 0.717) is 6.42 Å². The highest BCUT2D eigenvalue weighted by molar-refractivity contribution is 5.81. The highest BCUT2D eigenvalue weighted by atomic mass is 16.2. The van der Waals surface area contributed by atoms with Crippen LogP contribution in [0.25, 0.3) is 0 Å². The first-order valence-electron chi connectivity index (χ1n) is 5.96. The average Bonchev–Trinajstić information content (AvgIpc) is 2.72. The number of hydrogen-bond acceptors (Lipinski definition) is 2. The Kier molecular flexibility index (Phi) is 3.43. The minimum Gasteiger partial charge on any atom is -0.336 e. The quantitative estimate of drug-likeness (QED) is 0.797. The van der Waals surface area contributed by atoms with E-state index >= 15 is 0 Å². The van der Waals surface area contributed by atoms with Gasteiger partial charge in [-0.3, -0.25) is 4.79 Å². The maximum atomic E-state index is 12.1. The topological polar surface area (TPSA) is 44.1 Å². The summed E-state index contributed by atoms with van der Waals surface area (Å²) >= 11 is 0. The molecule has 1 amide bonds. The Hall–Kier alpha value is -1.82. The lowest BCUT2D eigenvalue weighted by Crippen LogP contribution is -2.30. The zero-order chi connectivity index (χ0) is 12.3. The summed E-state index contributed by atoms with van der Waals surface area (Å²) in [7, 11) is 0. The molecule has 1 heterocycles. The molecular weight excluding hydrogens is 212 g/mol. The van der Waals surface area contributed by atoms with E-state index in [4.69, 9.17) is 5.26 Å². The summed E-state index contributed by atoms with van der Waals surface area (Å²) in [5.74, 6) is 0.0362. The van der Waals surface area contributed by atoms with E-state index in [2.05, 4.69) is 6.07 Å². The molecule has 0 bridgehead atoms. The Morgan fingerprint density at radius 3 is 2.82 bits per heavy atom. The predicted molar refractivity (Wildman–Crippen MR) is 64.9 cm³/mol. The van der Waals surface area contributed by atoms with Gasteiger partial charge in [-0.05, 0) is 18.9 Å². The first-order chi connectivity index (χ1) is 8.24.